The van der Waals surface area contributed by atoms with E-state index in [1.807, 2.05) is 27.7 Å². The van der Waals surface area contributed by atoms with Gasteiger partial charge in [0.05, 0.1) is 5.56 Å². The lowest BCUT2D eigenvalue weighted by Gasteiger charge is -2.09. The predicted octanol–water partition coefficient (Wildman–Crippen LogP) is 5.00. The lowest BCUT2D eigenvalue weighted by atomic mass is 10.1. The summed E-state index contributed by atoms with van der Waals surface area (Å²) < 4.78 is 37.8. The van der Waals surface area contributed by atoms with Crippen molar-refractivity contribution in [3.63, 3.8) is 0 Å². The summed E-state index contributed by atoms with van der Waals surface area (Å²) in [5.41, 5.74) is 1.48. The molecule has 0 fully saturated rings. The number of alkyl halides is 3. The SMILES string of the molecule is CC.Cc1ccc(C(=O)Nc2cc(C(F)(F)F)ccn2)cc1C. The second-order valence-corrected chi connectivity index (χ2v) is 4.68. The van der Waals surface area contributed by atoms with Crippen molar-refractivity contribution < 1.29 is 18.0 Å². The molecule has 0 bridgehead atoms. The van der Waals surface area contributed by atoms with Gasteiger partial charge in [-0.1, -0.05) is 19.9 Å². The molecule has 0 aliphatic rings. The van der Waals surface area contributed by atoms with Crippen molar-refractivity contribution in [2.75, 3.05) is 5.32 Å². The fourth-order valence-electron chi connectivity index (χ4n) is 1.75. The van der Waals surface area contributed by atoms with E-state index in [9.17, 15) is 18.0 Å². The number of nitrogens with one attached hydrogen (secondary N) is 1. The summed E-state index contributed by atoms with van der Waals surface area (Å²) in [6.07, 6.45) is -3.46. The molecule has 1 amide bonds. The highest BCUT2D eigenvalue weighted by Gasteiger charge is 2.30. The van der Waals surface area contributed by atoms with E-state index in [0.29, 0.717) is 5.56 Å². The molecule has 6 heteroatoms. The second-order valence-electron chi connectivity index (χ2n) is 4.68. The van der Waals surface area contributed by atoms with Crippen LogP contribution in [0.3, 0.4) is 0 Å². The van der Waals surface area contributed by atoms with Crippen LogP contribution < -0.4 is 5.32 Å². The standard InChI is InChI=1S/C15H13F3N2O.C2H6/c1-9-3-4-11(7-10(9)2)14(21)20-13-8-12(5-6-19-13)15(16,17)18;1-2/h3-8H,1-2H3,(H,19,20,21);1-2H3. The zero-order valence-corrected chi connectivity index (χ0v) is 13.5. The van der Waals surface area contributed by atoms with Crippen LogP contribution in [0.4, 0.5) is 19.0 Å². The van der Waals surface area contributed by atoms with Crippen LogP contribution >= 0.6 is 0 Å². The van der Waals surface area contributed by atoms with Crippen LogP contribution in [-0.4, -0.2) is 10.9 Å². The summed E-state index contributed by atoms with van der Waals surface area (Å²) in [6, 6.07) is 6.73. The van der Waals surface area contributed by atoms with Crippen LogP contribution in [0.25, 0.3) is 0 Å². The number of carbonyl (C=O) groups is 1. The molecule has 0 saturated heterocycles. The summed E-state index contributed by atoms with van der Waals surface area (Å²) in [5, 5.41) is 2.37. The fourth-order valence-corrected chi connectivity index (χ4v) is 1.75. The number of nitrogens with zero attached hydrogens (tertiary/aromatic N) is 1. The Morgan fingerprint density at radius 3 is 2.26 bits per heavy atom. The van der Waals surface area contributed by atoms with Gasteiger partial charge in [-0.25, -0.2) is 4.98 Å². The van der Waals surface area contributed by atoms with Crippen molar-refractivity contribution in [2.24, 2.45) is 0 Å². The minimum Gasteiger partial charge on any atom is -0.307 e. The third-order valence-electron chi connectivity index (χ3n) is 3.10. The third-order valence-corrected chi connectivity index (χ3v) is 3.10. The largest absolute Gasteiger partial charge is 0.416 e. The highest BCUT2D eigenvalue weighted by Crippen LogP contribution is 2.29. The first-order valence-corrected chi connectivity index (χ1v) is 7.19. The molecule has 3 nitrogen and oxygen atoms in total. The molecule has 2 rings (SSSR count). The summed E-state index contributed by atoms with van der Waals surface area (Å²) in [6.45, 7) is 7.76. The van der Waals surface area contributed by atoms with Gasteiger partial charge in [0.1, 0.15) is 5.82 Å². The number of aromatic nitrogens is 1. The Morgan fingerprint density at radius 1 is 1.04 bits per heavy atom. The Balaban J connectivity index is 0.00000127. The van der Waals surface area contributed by atoms with E-state index in [0.717, 1.165) is 29.5 Å². The van der Waals surface area contributed by atoms with Crippen molar-refractivity contribution in [3.05, 3.63) is 58.8 Å². The van der Waals surface area contributed by atoms with Crippen LogP contribution in [-0.2, 0) is 6.18 Å². The zero-order chi connectivity index (χ0) is 17.6. The molecule has 0 spiro atoms. The van der Waals surface area contributed by atoms with E-state index in [4.69, 9.17) is 0 Å². The summed E-state index contributed by atoms with van der Waals surface area (Å²) in [5.74, 6) is -0.627. The van der Waals surface area contributed by atoms with Gasteiger partial charge in [-0.2, -0.15) is 13.2 Å². The monoisotopic (exact) mass is 324 g/mol. The van der Waals surface area contributed by atoms with Gasteiger partial charge >= 0.3 is 6.18 Å². The van der Waals surface area contributed by atoms with Crippen molar-refractivity contribution in [1.82, 2.24) is 4.98 Å². The lowest BCUT2D eigenvalue weighted by Crippen LogP contribution is -2.14. The van der Waals surface area contributed by atoms with Crippen molar-refractivity contribution in [2.45, 2.75) is 33.9 Å². The molecule has 0 unspecified atom stereocenters. The summed E-state index contributed by atoms with van der Waals surface area (Å²) in [7, 11) is 0. The molecular weight excluding hydrogens is 305 g/mol. The number of aryl methyl sites for hydroxylation is 2. The smallest absolute Gasteiger partial charge is 0.307 e. The highest BCUT2D eigenvalue weighted by atomic mass is 19.4. The van der Waals surface area contributed by atoms with Gasteiger partial charge < -0.3 is 5.32 Å². The number of rotatable bonds is 2. The summed E-state index contributed by atoms with van der Waals surface area (Å²) >= 11 is 0. The molecule has 0 aliphatic heterocycles. The molecule has 0 atom stereocenters. The maximum atomic E-state index is 12.6. The average Bonchev–Trinajstić information content (AvgIpc) is 2.51. The van der Waals surface area contributed by atoms with Crippen LogP contribution in [0, 0.1) is 13.8 Å². The first-order chi connectivity index (χ1) is 10.8. The molecule has 2 aromatic rings. The number of anilines is 1. The van der Waals surface area contributed by atoms with E-state index in [1.54, 1.807) is 18.2 Å². The molecule has 1 heterocycles. The topological polar surface area (TPSA) is 42.0 Å². The molecule has 0 saturated carbocycles. The van der Waals surface area contributed by atoms with E-state index in [-0.39, 0.29) is 5.82 Å². The molecular formula is C17H19F3N2O. The van der Waals surface area contributed by atoms with Crippen molar-refractivity contribution in [1.29, 1.82) is 0 Å². The van der Waals surface area contributed by atoms with Gasteiger partial charge in [-0.05, 0) is 49.2 Å². The average molecular weight is 324 g/mol. The van der Waals surface area contributed by atoms with E-state index >= 15 is 0 Å². The van der Waals surface area contributed by atoms with Crippen molar-refractivity contribution in [3.8, 4) is 0 Å². The Bertz CT molecular complexity index is 682. The first-order valence-electron chi connectivity index (χ1n) is 7.19. The van der Waals surface area contributed by atoms with Crippen LogP contribution in [0.5, 0.6) is 0 Å². The maximum absolute atomic E-state index is 12.6. The molecule has 124 valence electrons. The Hall–Kier alpha value is -2.37. The Morgan fingerprint density at radius 2 is 1.70 bits per heavy atom. The van der Waals surface area contributed by atoms with Crippen LogP contribution in [0.2, 0.25) is 0 Å². The quantitative estimate of drug-likeness (QED) is 0.845. The molecule has 23 heavy (non-hydrogen) atoms. The number of pyridine rings is 1. The number of hydrogen-bond donors (Lipinski definition) is 1. The predicted molar refractivity (Wildman–Crippen MR) is 84.5 cm³/mol. The molecule has 0 radical (unpaired) electrons. The Kier molecular flexibility index (Phi) is 6.30. The minimum absolute atomic E-state index is 0.131. The van der Waals surface area contributed by atoms with E-state index in [2.05, 4.69) is 10.3 Å². The van der Waals surface area contributed by atoms with Gasteiger partial charge in [0.25, 0.3) is 5.91 Å². The Labute approximate surface area is 133 Å². The number of amides is 1. The van der Waals surface area contributed by atoms with Gasteiger partial charge in [-0.3, -0.25) is 4.79 Å². The number of halogens is 3. The van der Waals surface area contributed by atoms with Crippen LogP contribution in [0.15, 0.2) is 36.5 Å². The maximum Gasteiger partial charge on any atom is 0.416 e. The number of benzene rings is 1. The molecule has 1 aromatic heterocycles. The van der Waals surface area contributed by atoms with Gasteiger partial charge in [0.2, 0.25) is 0 Å². The second kappa shape index (κ2) is 7.76. The first kappa shape index (κ1) is 18.7. The van der Waals surface area contributed by atoms with Gasteiger partial charge in [0.15, 0.2) is 0 Å². The van der Waals surface area contributed by atoms with Crippen LogP contribution in [0.1, 0.15) is 40.9 Å². The van der Waals surface area contributed by atoms with E-state index in [1.165, 1.54) is 0 Å². The van der Waals surface area contributed by atoms with Gasteiger partial charge in [-0.15, -0.1) is 0 Å². The normalized spacial score (nSPS) is 10.6. The summed E-state index contributed by atoms with van der Waals surface area (Å²) in [4.78, 5) is 15.7. The minimum atomic E-state index is -4.47. The molecule has 1 aromatic carbocycles. The lowest BCUT2D eigenvalue weighted by molar-refractivity contribution is -0.137. The molecule has 1 N–H and O–H groups in total. The van der Waals surface area contributed by atoms with Crippen molar-refractivity contribution >= 4 is 11.7 Å². The molecule has 0 aliphatic carbocycles. The highest BCUT2D eigenvalue weighted by molar-refractivity contribution is 6.03. The number of hydrogen-bond acceptors (Lipinski definition) is 2. The third kappa shape index (κ3) is 5.09. The van der Waals surface area contributed by atoms with E-state index < -0.39 is 17.6 Å². The number of carbonyl (C=O) groups excluding carboxylic acids is 1. The fraction of sp³-hybridized carbons (Fsp3) is 0.294. The zero-order valence-electron chi connectivity index (χ0n) is 13.5. The van der Waals surface area contributed by atoms with Gasteiger partial charge in [0, 0.05) is 11.8 Å².